The first kappa shape index (κ1) is 12.7. The summed E-state index contributed by atoms with van der Waals surface area (Å²) in [7, 11) is 0. The maximum Gasteiger partial charge on any atom is 0.135 e. The van der Waals surface area contributed by atoms with Crippen LogP contribution in [0.15, 0.2) is 0 Å². The summed E-state index contributed by atoms with van der Waals surface area (Å²) in [5.74, 6) is 1.35. The molecule has 1 nitrogen and oxygen atoms in total. The third kappa shape index (κ3) is 3.06. The first-order valence-corrected chi connectivity index (χ1v) is 6.65. The molecule has 1 saturated carbocycles. The normalized spacial score (nSPS) is 31.5. The van der Waals surface area contributed by atoms with Gasteiger partial charge in [0.15, 0.2) is 0 Å². The Kier molecular flexibility index (Phi) is 4.82. The molecule has 0 aromatic rings. The molecule has 0 aliphatic heterocycles. The molecule has 0 heterocycles. The highest BCUT2D eigenvalue weighted by Crippen LogP contribution is 2.44. The first-order chi connectivity index (χ1) is 7.14. The topological polar surface area (TPSA) is 17.1 Å². The van der Waals surface area contributed by atoms with E-state index in [1.807, 2.05) is 0 Å². The summed E-state index contributed by atoms with van der Waals surface area (Å²) in [6, 6.07) is 0. The first-order valence-electron chi connectivity index (χ1n) is 6.65. The summed E-state index contributed by atoms with van der Waals surface area (Å²) >= 11 is 0. The second-order valence-electron chi connectivity index (χ2n) is 5.32. The fourth-order valence-corrected chi connectivity index (χ4v) is 3.18. The lowest BCUT2D eigenvalue weighted by Crippen LogP contribution is -2.34. The molecule has 0 radical (unpaired) electrons. The summed E-state index contributed by atoms with van der Waals surface area (Å²) in [5.41, 5.74) is 0.0684. The van der Waals surface area contributed by atoms with Crippen LogP contribution in [0.2, 0.25) is 0 Å². The molecular formula is C14H26O. The lowest BCUT2D eigenvalue weighted by Gasteiger charge is -2.38. The van der Waals surface area contributed by atoms with Crippen LogP contribution in [-0.4, -0.2) is 5.78 Å². The number of carbonyl (C=O) groups is 1. The largest absolute Gasteiger partial charge is 0.299 e. The number of Topliss-reactive ketones (excluding diaryl/α,β-unsaturated/α-hetero) is 1. The second-order valence-corrected chi connectivity index (χ2v) is 5.32. The number of rotatable bonds is 5. The van der Waals surface area contributed by atoms with Gasteiger partial charge >= 0.3 is 0 Å². The van der Waals surface area contributed by atoms with E-state index in [2.05, 4.69) is 13.8 Å². The molecule has 0 spiro atoms. The SMILES string of the molecule is CCCC1CCC(CCC)(C(C)=O)CC1. The maximum atomic E-state index is 11.8. The van der Waals surface area contributed by atoms with Crippen molar-refractivity contribution in [1.82, 2.24) is 0 Å². The van der Waals surface area contributed by atoms with Crippen LogP contribution in [0, 0.1) is 11.3 Å². The van der Waals surface area contributed by atoms with Gasteiger partial charge in [-0.2, -0.15) is 0 Å². The van der Waals surface area contributed by atoms with E-state index in [0.29, 0.717) is 5.78 Å². The third-order valence-corrected chi connectivity index (χ3v) is 4.23. The van der Waals surface area contributed by atoms with Crippen LogP contribution in [-0.2, 0) is 4.79 Å². The van der Waals surface area contributed by atoms with E-state index in [-0.39, 0.29) is 5.41 Å². The lowest BCUT2D eigenvalue weighted by molar-refractivity contribution is -0.129. The quantitative estimate of drug-likeness (QED) is 0.659. The van der Waals surface area contributed by atoms with Crippen LogP contribution in [0.4, 0.5) is 0 Å². The van der Waals surface area contributed by atoms with Gasteiger partial charge in [-0.25, -0.2) is 0 Å². The molecule has 0 saturated heterocycles. The molecule has 1 aliphatic carbocycles. The van der Waals surface area contributed by atoms with Crippen LogP contribution in [0.5, 0.6) is 0 Å². The van der Waals surface area contributed by atoms with Crippen LogP contribution < -0.4 is 0 Å². The van der Waals surface area contributed by atoms with E-state index in [1.54, 1.807) is 6.92 Å². The predicted molar refractivity (Wildman–Crippen MR) is 64.9 cm³/mol. The minimum atomic E-state index is 0.0684. The fraction of sp³-hybridized carbons (Fsp3) is 0.929. The standard InChI is InChI=1S/C14H26O/c1-4-6-13-7-10-14(9-5-2,11-8-13)12(3)15/h13H,4-11H2,1-3H3. The van der Waals surface area contributed by atoms with Gasteiger partial charge in [0.25, 0.3) is 0 Å². The molecule has 0 atom stereocenters. The van der Waals surface area contributed by atoms with E-state index < -0.39 is 0 Å². The zero-order valence-electron chi connectivity index (χ0n) is 10.6. The van der Waals surface area contributed by atoms with Crippen molar-refractivity contribution in [1.29, 1.82) is 0 Å². The van der Waals surface area contributed by atoms with Gasteiger partial charge in [0.05, 0.1) is 0 Å². The molecule has 0 unspecified atom stereocenters. The second kappa shape index (κ2) is 5.67. The van der Waals surface area contributed by atoms with Gasteiger partial charge in [0.2, 0.25) is 0 Å². The van der Waals surface area contributed by atoms with Crippen LogP contribution >= 0.6 is 0 Å². The summed E-state index contributed by atoms with van der Waals surface area (Å²) in [5, 5.41) is 0. The molecule has 88 valence electrons. The number of carbonyl (C=O) groups excluding carboxylic acids is 1. The van der Waals surface area contributed by atoms with Gasteiger partial charge in [-0.05, 0) is 44.9 Å². The van der Waals surface area contributed by atoms with Gasteiger partial charge in [0.1, 0.15) is 5.78 Å². The molecule has 0 amide bonds. The summed E-state index contributed by atoms with van der Waals surface area (Å²) in [6.45, 7) is 6.26. The molecule has 1 heteroatoms. The average molecular weight is 210 g/mol. The Hall–Kier alpha value is -0.330. The minimum Gasteiger partial charge on any atom is -0.299 e. The van der Waals surface area contributed by atoms with E-state index in [0.717, 1.165) is 31.6 Å². The lowest BCUT2D eigenvalue weighted by atomic mass is 9.65. The zero-order chi connectivity index (χ0) is 11.3. The van der Waals surface area contributed by atoms with Crippen molar-refractivity contribution in [3.8, 4) is 0 Å². The molecule has 0 N–H and O–H groups in total. The highest BCUT2D eigenvalue weighted by Gasteiger charge is 2.37. The van der Waals surface area contributed by atoms with Crippen molar-refractivity contribution in [2.75, 3.05) is 0 Å². The Labute approximate surface area is 94.6 Å². The van der Waals surface area contributed by atoms with Crippen LogP contribution in [0.1, 0.15) is 72.1 Å². The van der Waals surface area contributed by atoms with Gasteiger partial charge in [-0.1, -0.05) is 33.1 Å². The van der Waals surface area contributed by atoms with E-state index >= 15 is 0 Å². The monoisotopic (exact) mass is 210 g/mol. The molecule has 1 rings (SSSR count). The molecule has 0 bridgehead atoms. The number of hydrogen-bond acceptors (Lipinski definition) is 1. The van der Waals surface area contributed by atoms with E-state index in [9.17, 15) is 4.79 Å². The molecule has 0 aromatic heterocycles. The van der Waals surface area contributed by atoms with Gasteiger partial charge in [0, 0.05) is 5.41 Å². The number of ketones is 1. The van der Waals surface area contributed by atoms with Gasteiger partial charge in [-0.3, -0.25) is 4.79 Å². The molecule has 0 aromatic carbocycles. The average Bonchev–Trinajstić information content (AvgIpc) is 2.21. The summed E-state index contributed by atoms with van der Waals surface area (Å²) in [6.07, 6.45) is 9.80. The van der Waals surface area contributed by atoms with Crippen molar-refractivity contribution in [3.05, 3.63) is 0 Å². The number of hydrogen-bond donors (Lipinski definition) is 0. The Balaban J connectivity index is 2.53. The van der Waals surface area contributed by atoms with Gasteiger partial charge in [-0.15, -0.1) is 0 Å². The van der Waals surface area contributed by atoms with Crippen molar-refractivity contribution < 1.29 is 4.79 Å². The van der Waals surface area contributed by atoms with Crippen molar-refractivity contribution >= 4 is 5.78 Å². The van der Waals surface area contributed by atoms with Crippen molar-refractivity contribution in [2.45, 2.75) is 72.1 Å². The Morgan fingerprint density at radius 2 is 1.80 bits per heavy atom. The Morgan fingerprint density at radius 3 is 2.20 bits per heavy atom. The van der Waals surface area contributed by atoms with Gasteiger partial charge < -0.3 is 0 Å². The molecule has 1 fully saturated rings. The van der Waals surface area contributed by atoms with Crippen molar-refractivity contribution in [2.24, 2.45) is 11.3 Å². The smallest absolute Gasteiger partial charge is 0.135 e. The molecule has 1 aliphatic rings. The minimum absolute atomic E-state index is 0.0684. The summed E-state index contributed by atoms with van der Waals surface area (Å²) in [4.78, 5) is 11.8. The van der Waals surface area contributed by atoms with Crippen LogP contribution in [0.25, 0.3) is 0 Å². The fourth-order valence-electron chi connectivity index (χ4n) is 3.18. The molecule has 15 heavy (non-hydrogen) atoms. The Morgan fingerprint density at radius 1 is 1.20 bits per heavy atom. The Bertz CT molecular complexity index is 199. The highest BCUT2D eigenvalue weighted by molar-refractivity contribution is 5.82. The van der Waals surface area contributed by atoms with E-state index in [4.69, 9.17) is 0 Å². The molecular weight excluding hydrogens is 184 g/mol. The third-order valence-electron chi connectivity index (χ3n) is 4.23. The highest BCUT2D eigenvalue weighted by atomic mass is 16.1. The summed E-state index contributed by atoms with van der Waals surface area (Å²) < 4.78 is 0. The van der Waals surface area contributed by atoms with Crippen molar-refractivity contribution in [3.63, 3.8) is 0 Å². The van der Waals surface area contributed by atoms with Crippen LogP contribution in [0.3, 0.4) is 0 Å². The predicted octanol–water partition coefficient (Wildman–Crippen LogP) is 4.35. The van der Waals surface area contributed by atoms with E-state index in [1.165, 1.54) is 25.7 Å². The maximum absolute atomic E-state index is 11.8. The zero-order valence-corrected chi connectivity index (χ0v) is 10.6.